The summed E-state index contributed by atoms with van der Waals surface area (Å²) in [4.78, 5) is 30.8. The Morgan fingerprint density at radius 1 is 1.45 bits per heavy atom. The van der Waals surface area contributed by atoms with Crippen LogP contribution in [0.2, 0.25) is 0 Å². The SMILES string of the molecule is CO/N=C1\CN(c2cc3c(cc2F)c(=O)c(C(=O)O)cn3C2CC2)CC1(C)CN. The van der Waals surface area contributed by atoms with Crippen molar-refractivity contribution in [3.8, 4) is 0 Å². The van der Waals surface area contributed by atoms with E-state index in [0.29, 0.717) is 30.8 Å². The summed E-state index contributed by atoms with van der Waals surface area (Å²) in [5.41, 5.74) is 6.05. The summed E-state index contributed by atoms with van der Waals surface area (Å²) in [6, 6.07) is 2.89. The van der Waals surface area contributed by atoms with Gasteiger partial charge in [0.25, 0.3) is 0 Å². The molecule has 8 nitrogen and oxygen atoms in total. The van der Waals surface area contributed by atoms with Crippen molar-refractivity contribution in [1.82, 2.24) is 4.57 Å². The molecule has 9 heteroatoms. The summed E-state index contributed by atoms with van der Waals surface area (Å²) in [6.45, 7) is 3.08. The highest BCUT2D eigenvalue weighted by atomic mass is 19.1. The zero-order valence-electron chi connectivity index (χ0n) is 16.3. The van der Waals surface area contributed by atoms with Gasteiger partial charge in [-0.05, 0) is 25.0 Å². The van der Waals surface area contributed by atoms with Crippen LogP contribution in [0.25, 0.3) is 10.9 Å². The van der Waals surface area contributed by atoms with Gasteiger partial charge in [-0.1, -0.05) is 12.1 Å². The molecule has 2 aromatic rings. The van der Waals surface area contributed by atoms with Gasteiger partial charge in [-0.25, -0.2) is 9.18 Å². The van der Waals surface area contributed by atoms with Crippen LogP contribution in [0.1, 0.15) is 36.2 Å². The number of carbonyl (C=O) groups is 1. The standard InChI is InChI=1S/C20H23FN4O4/c1-20(9-22)10-24(8-17(20)23-29-2)16-6-15-12(5-14(16)21)18(26)13(19(27)28)7-25(15)11-3-4-11/h5-7,11H,3-4,8-10,22H2,1-2H3,(H,27,28)/b23-17+. The van der Waals surface area contributed by atoms with Crippen molar-refractivity contribution in [3.05, 3.63) is 39.9 Å². The van der Waals surface area contributed by atoms with Gasteiger partial charge in [0, 0.05) is 36.1 Å². The summed E-state index contributed by atoms with van der Waals surface area (Å²) in [6.07, 6.45) is 3.16. The summed E-state index contributed by atoms with van der Waals surface area (Å²) in [7, 11) is 1.46. The fourth-order valence-electron chi connectivity index (χ4n) is 3.95. The minimum atomic E-state index is -1.31. The van der Waals surface area contributed by atoms with Gasteiger partial charge in [0.15, 0.2) is 0 Å². The molecule has 0 radical (unpaired) electrons. The quantitative estimate of drug-likeness (QED) is 0.740. The molecule has 1 aromatic heterocycles. The first-order valence-corrected chi connectivity index (χ1v) is 9.46. The van der Waals surface area contributed by atoms with Gasteiger partial charge in [0.1, 0.15) is 18.5 Å². The lowest BCUT2D eigenvalue weighted by atomic mass is 9.88. The lowest BCUT2D eigenvalue weighted by molar-refractivity contribution is 0.0695. The molecule has 1 aliphatic carbocycles. The number of oxime groups is 1. The fourth-order valence-corrected chi connectivity index (χ4v) is 3.95. The van der Waals surface area contributed by atoms with Crippen molar-refractivity contribution < 1.29 is 19.1 Å². The van der Waals surface area contributed by atoms with Gasteiger partial charge in [-0.2, -0.15) is 0 Å². The van der Waals surface area contributed by atoms with E-state index in [2.05, 4.69) is 5.16 Å². The smallest absolute Gasteiger partial charge is 0.341 e. The monoisotopic (exact) mass is 402 g/mol. The van der Waals surface area contributed by atoms with Crippen LogP contribution in [0.5, 0.6) is 0 Å². The Bertz CT molecular complexity index is 1090. The number of hydrogen-bond donors (Lipinski definition) is 2. The van der Waals surface area contributed by atoms with Gasteiger partial charge in [0.2, 0.25) is 5.43 Å². The van der Waals surface area contributed by atoms with E-state index in [1.165, 1.54) is 13.3 Å². The average Bonchev–Trinajstić information content (AvgIpc) is 3.47. The Morgan fingerprint density at radius 2 is 2.17 bits per heavy atom. The lowest BCUT2D eigenvalue weighted by Gasteiger charge is -2.24. The van der Waals surface area contributed by atoms with Gasteiger partial charge in [0.05, 0.1) is 23.5 Å². The molecule has 0 amide bonds. The number of rotatable bonds is 5. The van der Waals surface area contributed by atoms with E-state index >= 15 is 4.39 Å². The Hall–Kier alpha value is -2.94. The lowest BCUT2D eigenvalue weighted by Crippen LogP contribution is -2.35. The van der Waals surface area contributed by atoms with E-state index in [1.807, 2.05) is 11.8 Å². The minimum Gasteiger partial charge on any atom is -0.477 e. The van der Waals surface area contributed by atoms with Crippen molar-refractivity contribution >= 4 is 28.3 Å². The van der Waals surface area contributed by atoms with Crippen molar-refractivity contribution in [1.29, 1.82) is 0 Å². The molecule has 0 bridgehead atoms. The Labute approximate surface area is 166 Å². The Morgan fingerprint density at radius 3 is 2.76 bits per heavy atom. The maximum atomic E-state index is 15.1. The number of nitrogens with zero attached hydrogens (tertiary/aromatic N) is 3. The topological polar surface area (TPSA) is 110 Å². The second-order valence-electron chi connectivity index (χ2n) is 7.98. The summed E-state index contributed by atoms with van der Waals surface area (Å²) < 4.78 is 16.8. The predicted molar refractivity (Wildman–Crippen MR) is 107 cm³/mol. The predicted octanol–water partition coefficient (Wildman–Crippen LogP) is 1.96. The first-order valence-electron chi connectivity index (χ1n) is 9.46. The number of aromatic carboxylic acids is 1. The number of anilines is 1. The summed E-state index contributed by atoms with van der Waals surface area (Å²) in [5.74, 6) is -1.90. The fraction of sp³-hybridized carbons (Fsp3) is 0.450. The first-order chi connectivity index (χ1) is 13.8. The van der Waals surface area contributed by atoms with Crippen LogP contribution in [0.4, 0.5) is 10.1 Å². The van der Waals surface area contributed by atoms with Crippen molar-refractivity contribution in [2.75, 3.05) is 31.6 Å². The highest BCUT2D eigenvalue weighted by Gasteiger charge is 2.41. The number of aromatic nitrogens is 1. The first kappa shape index (κ1) is 19.4. The normalized spacial score (nSPS) is 23.2. The molecule has 1 saturated carbocycles. The van der Waals surface area contributed by atoms with Gasteiger partial charge in [-0.15, -0.1) is 0 Å². The molecule has 3 N–H and O–H groups in total. The number of carboxylic acids is 1. The highest BCUT2D eigenvalue weighted by Crippen LogP contribution is 2.39. The number of carboxylic acid groups (broad SMARTS) is 1. The number of halogens is 1. The molecule has 0 spiro atoms. The zero-order chi connectivity index (χ0) is 20.9. The van der Waals surface area contributed by atoms with Crippen LogP contribution in [-0.2, 0) is 4.84 Å². The van der Waals surface area contributed by atoms with Crippen LogP contribution >= 0.6 is 0 Å². The molecule has 2 heterocycles. The average molecular weight is 402 g/mol. The molecule has 2 fully saturated rings. The van der Waals surface area contributed by atoms with Crippen molar-refractivity contribution in [3.63, 3.8) is 0 Å². The molecule has 1 aromatic carbocycles. The number of pyridine rings is 1. The van der Waals surface area contributed by atoms with Gasteiger partial charge < -0.3 is 25.1 Å². The number of fused-ring (bicyclic) bond motifs is 1. The second-order valence-corrected chi connectivity index (χ2v) is 7.98. The number of nitrogens with two attached hydrogens (primary N) is 1. The van der Waals surface area contributed by atoms with Crippen molar-refractivity contribution in [2.24, 2.45) is 16.3 Å². The van der Waals surface area contributed by atoms with Crippen LogP contribution in [0.15, 0.2) is 28.3 Å². The maximum Gasteiger partial charge on any atom is 0.341 e. The summed E-state index contributed by atoms with van der Waals surface area (Å²) in [5, 5.41) is 13.5. The largest absolute Gasteiger partial charge is 0.477 e. The molecule has 1 unspecified atom stereocenters. The zero-order valence-corrected chi connectivity index (χ0v) is 16.3. The molecule has 29 heavy (non-hydrogen) atoms. The van der Waals surface area contributed by atoms with E-state index in [9.17, 15) is 14.7 Å². The maximum absolute atomic E-state index is 15.1. The third-order valence-electron chi connectivity index (χ3n) is 5.84. The molecule has 154 valence electrons. The van der Waals surface area contributed by atoms with Gasteiger partial charge >= 0.3 is 5.97 Å². The molecule has 1 saturated heterocycles. The van der Waals surface area contributed by atoms with E-state index < -0.39 is 22.6 Å². The van der Waals surface area contributed by atoms with Gasteiger partial charge in [-0.3, -0.25) is 4.79 Å². The third-order valence-corrected chi connectivity index (χ3v) is 5.84. The summed E-state index contributed by atoms with van der Waals surface area (Å²) >= 11 is 0. The molecule has 1 aliphatic heterocycles. The van der Waals surface area contributed by atoms with Crippen LogP contribution in [-0.4, -0.2) is 48.1 Å². The molecular weight excluding hydrogens is 379 g/mol. The molecule has 1 atom stereocenters. The molecular formula is C20H23FN4O4. The molecule has 2 aliphatic rings. The van der Waals surface area contributed by atoms with Crippen LogP contribution < -0.4 is 16.1 Å². The minimum absolute atomic E-state index is 0.0737. The molecule has 4 rings (SSSR count). The van der Waals surface area contributed by atoms with E-state index in [-0.39, 0.29) is 17.0 Å². The highest BCUT2D eigenvalue weighted by molar-refractivity contribution is 5.98. The Kier molecular flexibility index (Phi) is 4.57. The number of benzene rings is 1. The Balaban J connectivity index is 1.87. The van der Waals surface area contributed by atoms with Crippen LogP contribution in [0, 0.1) is 11.2 Å². The third kappa shape index (κ3) is 3.15. The second kappa shape index (κ2) is 6.84. The van der Waals surface area contributed by atoms with E-state index in [4.69, 9.17) is 10.6 Å². The van der Waals surface area contributed by atoms with E-state index in [1.54, 1.807) is 10.6 Å². The van der Waals surface area contributed by atoms with E-state index in [0.717, 1.165) is 24.6 Å². The number of hydrogen-bond acceptors (Lipinski definition) is 6. The van der Waals surface area contributed by atoms with Crippen molar-refractivity contribution in [2.45, 2.75) is 25.8 Å². The van der Waals surface area contributed by atoms with Crippen LogP contribution in [0.3, 0.4) is 0 Å².